The van der Waals surface area contributed by atoms with Crippen molar-refractivity contribution in [1.29, 1.82) is 0 Å². The molecule has 1 N–H and O–H groups in total. The summed E-state index contributed by atoms with van der Waals surface area (Å²) in [5.41, 5.74) is 1.96. The van der Waals surface area contributed by atoms with Crippen LogP contribution in [0.3, 0.4) is 0 Å². The molecule has 2 aromatic rings. The van der Waals surface area contributed by atoms with E-state index in [9.17, 15) is 14.4 Å². The number of carbonyl (C=O) groups excluding carboxylic acids is 2. The van der Waals surface area contributed by atoms with Gasteiger partial charge in [0.25, 0.3) is 11.5 Å². The third-order valence-corrected chi connectivity index (χ3v) is 4.22. The lowest BCUT2D eigenvalue weighted by Crippen LogP contribution is -2.41. The highest BCUT2D eigenvalue weighted by atomic mass is 16.2. The van der Waals surface area contributed by atoms with Crippen LogP contribution in [0, 0.1) is 6.92 Å². The maximum atomic E-state index is 12.5. The first kappa shape index (κ1) is 16.0. The molecule has 1 aromatic heterocycles. The number of aryl methyl sites for hydroxylation is 2. The zero-order chi connectivity index (χ0) is 17.3. The minimum Gasteiger partial charge on any atom is -0.340 e. The first-order valence-electron chi connectivity index (χ1n) is 7.81. The van der Waals surface area contributed by atoms with Gasteiger partial charge in [-0.05, 0) is 31.5 Å². The predicted octanol–water partition coefficient (Wildman–Crippen LogP) is 1.23. The van der Waals surface area contributed by atoms with Crippen molar-refractivity contribution < 1.29 is 9.59 Å². The monoisotopic (exact) mass is 325 g/mol. The number of hydrogen-bond acceptors (Lipinski definition) is 3. The van der Waals surface area contributed by atoms with E-state index in [0.29, 0.717) is 13.0 Å². The standard InChI is InChI=1S/C18H19N3O3/c1-12-3-5-14(6-4-12)21-10-8-15(18(21)24)19-17(23)13-7-9-20(2)16(22)11-13/h3-7,9,11,15H,8,10H2,1-2H3,(H,19,23). The minimum atomic E-state index is -0.567. The summed E-state index contributed by atoms with van der Waals surface area (Å²) in [5.74, 6) is -0.534. The Hall–Kier alpha value is -2.89. The van der Waals surface area contributed by atoms with Gasteiger partial charge in [0, 0.05) is 37.1 Å². The maximum absolute atomic E-state index is 12.5. The first-order chi connectivity index (χ1) is 11.5. The molecule has 1 fully saturated rings. The average Bonchev–Trinajstić information content (AvgIpc) is 2.92. The predicted molar refractivity (Wildman–Crippen MR) is 91.1 cm³/mol. The lowest BCUT2D eigenvalue weighted by atomic mass is 10.2. The van der Waals surface area contributed by atoms with Gasteiger partial charge < -0.3 is 14.8 Å². The lowest BCUT2D eigenvalue weighted by Gasteiger charge is -2.17. The Kier molecular flexibility index (Phi) is 4.20. The van der Waals surface area contributed by atoms with Crippen molar-refractivity contribution in [1.82, 2.24) is 9.88 Å². The van der Waals surface area contributed by atoms with Crippen LogP contribution in [-0.2, 0) is 11.8 Å². The second-order valence-corrected chi connectivity index (χ2v) is 6.00. The molecule has 124 valence electrons. The molecule has 0 spiro atoms. The molecule has 6 nitrogen and oxygen atoms in total. The number of pyridine rings is 1. The van der Waals surface area contributed by atoms with Gasteiger partial charge in [0.2, 0.25) is 5.91 Å². The van der Waals surface area contributed by atoms with Crippen LogP contribution in [0.15, 0.2) is 47.4 Å². The molecule has 0 radical (unpaired) electrons. The molecule has 1 aromatic carbocycles. The Bertz CT molecular complexity index is 839. The number of amides is 2. The number of hydrogen-bond donors (Lipinski definition) is 1. The van der Waals surface area contributed by atoms with Gasteiger partial charge in [-0.1, -0.05) is 17.7 Å². The summed E-state index contributed by atoms with van der Waals surface area (Å²) in [6, 6.07) is 9.97. The molecule has 1 aliphatic heterocycles. The van der Waals surface area contributed by atoms with Crippen LogP contribution < -0.4 is 15.8 Å². The molecule has 0 saturated carbocycles. The van der Waals surface area contributed by atoms with Gasteiger partial charge in [0.05, 0.1) is 0 Å². The summed E-state index contributed by atoms with van der Waals surface area (Å²) in [6.45, 7) is 2.55. The highest BCUT2D eigenvalue weighted by Crippen LogP contribution is 2.22. The van der Waals surface area contributed by atoms with Gasteiger partial charge in [-0.15, -0.1) is 0 Å². The molecule has 0 bridgehead atoms. The van der Waals surface area contributed by atoms with Crippen molar-refractivity contribution in [3.05, 3.63) is 64.1 Å². The summed E-state index contributed by atoms with van der Waals surface area (Å²) in [7, 11) is 1.62. The topological polar surface area (TPSA) is 71.4 Å². The lowest BCUT2D eigenvalue weighted by molar-refractivity contribution is -0.118. The second-order valence-electron chi connectivity index (χ2n) is 6.00. The summed E-state index contributed by atoms with van der Waals surface area (Å²) in [6.07, 6.45) is 2.08. The summed E-state index contributed by atoms with van der Waals surface area (Å²) >= 11 is 0. The zero-order valence-electron chi connectivity index (χ0n) is 13.7. The highest BCUT2D eigenvalue weighted by Gasteiger charge is 2.33. The normalized spacial score (nSPS) is 17.2. The fraction of sp³-hybridized carbons (Fsp3) is 0.278. The SMILES string of the molecule is Cc1ccc(N2CCC(NC(=O)c3ccn(C)c(=O)c3)C2=O)cc1. The van der Waals surface area contributed by atoms with Gasteiger partial charge in [-0.25, -0.2) is 0 Å². The van der Waals surface area contributed by atoms with Crippen LogP contribution >= 0.6 is 0 Å². The van der Waals surface area contributed by atoms with Gasteiger partial charge in [0.15, 0.2) is 0 Å². The third kappa shape index (κ3) is 3.08. The van der Waals surface area contributed by atoms with Crippen molar-refractivity contribution in [2.24, 2.45) is 7.05 Å². The van der Waals surface area contributed by atoms with E-state index in [1.165, 1.54) is 16.8 Å². The number of anilines is 1. The molecule has 6 heteroatoms. The summed E-state index contributed by atoms with van der Waals surface area (Å²) in [5, 5.41) is 2.72. The smallest absolute Gasteiger partial charge is 0.252 e. The Labute approximate surface area is 139 Å². The summed E-state index contributed by atoms with van der Waals surface area (Å²) in [4.78, 5) is 38.1. The van der Waals surface area contributed by atoms with Crippen molar-refractivity contribution in [3.63, 3.8) is 0 Å². The molecule has 1 unspecified atom stereocenters. The number of carbonyl (C=O) groups is 2. The van der Waals surface area contributed by atoms with E-state index in [2.05, 4.69) is 5.32 Å². The van der Waals surface area contributed by atoms with E-state index in [1.807, 2.05) is 31.2 Å². The molecule has 1 atom stereocenters. The Morgan fingerprint density at radius 3 is 2.54 bits per heavy atom. The van der Waals surface area contributed by atoms with Gasteiger partial charge in [0.1, 0.15) is 6.04 Å². The second kappa shape index (κ2) is 6.31. The van der Waals surface area contributed by atoms with Crippen LogP contribution in [0.2, 0.25) is 0 Å². The van der Waals surface area contributed by atoms with E-state index in [1.54, 1.807) is 18.0 Å². The number of nitrogens with one attached hydrogen (secondary N) is 1. The third-order valence-electron chi connectivity index (χ3n) is 4.22. The Balaban J connectivity index is 1.71. The van der Waals surface area contributed by atoms with Gasteiger partial charge >= 0.3 is 0 Å². The van der Waals surface area contributed by atoms with E-state index in [0.717, 1.165) is 11.3 Å². The maximum Gasteiger partial charge on any atom is 0.252 e. The van der Waals surface area contributed by atoms with E-state index in [-0.39, 0.29) is 17.0 Å². The first-order valence-corrected chi connectivity index (χ1v) is 7.81. The number of benzene rings is 1. The minimum absolute atomic E-state index is 0.129. The molecule has 1 saturated heterocycles. The van der Waals surface area contributed by atoms with Crippen molar-refractivity contribution in [2.45, 2.75) is 19.4 Å². The number of aromatic nitrogens is 1. The zero-order valence-corrected chi connectivity index (χ0v) is 13.7. The van der Waals surface area contributed by atoms with Crippen LogP contribution in [0.5, 0.6) is 0 Å². The van der Waals surface area contributed by atoms with Crippen LogP contribution in [-0.4, -0.2) is 29.0 Å². The fourth-order valence-corrected chi connectivity index (χ4v) is 2.73. The molecular formula is C18H19N3O3. The largest absolute Gasteiger partial charge is 0.340 e. The van der Waals surface area contributed by atoms with Crippen LogP contribution in [0.25, 0.3) is 0 Å². The molecule has 1 aliphatic rings. The Morgan fingerprint density at radius 2 is 1.88 bits per heavy atom. The van der Waals surface area contributed by atoms with Crippen LogP contribution in [0.4, 0.5) is 5.69 Å². The quantitative estimate of drug-likeness (QED) is 0.922. The van der Waals surface area contributed by atoms with Crippen LogP contribution in [0.1, 0.15) is 22.3 Å². The van der Waals surface area contributed by atoms with E-state index in [4.69, 9.17) is 0 Å². The van der Waals surface area contributed by atoms with Crippen molar-refractivity contribution in [3.8, 4) is 0 Å². The molecule has 0 aliphatic carbocycles. The summed E-state index contributed by atoms with van der Waals surface area (Å²) < 4.78 is 1.39. The van der Waals surface area contributed by atoms with Crippen molar-refractivity contribution in [2.75, 3.05) is 11.4 Å². The number of nitrogens with zero attached hydrogens (tertiary/aromatic N) is 2. The number of rotatable bonds is 3. The molecule has 3 rings (SSSR count). The van der Waals surface area contributed by atoms with E-state index < -0.39 is 11.9 Å². The highest BCUT2D eigenvalue weighted by molar-refractivity contribution is 6.03. The van der Waals surface area contributed by atoms with Crippen molar-refractivity contribution >= 4 is 17.5 Å². The van der Waals surface area contributed by atoms with Gasteiger partial charge in [-0.2, -0.15) is 0 Å². The molecule has 2 amide bonds. The van der Waals surface area contributed by atoms with Gasteiger partial charge in [-0.3, -0.25) is 14.4 Å². The average molecular weight is 325 g/mol. The van der Waals surface area contributed by atoms with E-state index >= 15 is 0 Å². The molecule has 24 heavy (non-hydrogen) atoms. The molecular weight excluding hydrogens is 306 g/mol. The Morgan fingerprint density at radius 1 is 1.17 bits per heavy atom. The molecule has 2 heterocycles. The fourth-order valence-electron chi connectivity index (χ4n) is 2.73.